The molecule has 4 heteroatoms. The summed E-state index contributed by atoms with van der Waals surface area (Å²) in [6, 6.07) is 0. The van der Waals surface area contributed by atoms with Crippen molar-refractivity contribution in [1.82, 2.24) is 9.91 Å². The van der Waals surface area contributed by atoms with Crippen molar-refractivity contribution in [2.75, 3.05) is 26.2 Å². The van der Waals surface area contributed by atoms with Gasteiger partial charge in [-0.2, -0.15) is 0 Å². The number of carbonyl (C=O) groups is 1. The third-order valence-corrected chi connectivity index (χ3v) is 4.34. The highest BCUT2D eigenvalue weighted by Crippen LogP contribution is 2.24. The summed E-state index contributed by atoms with van der Waals surface area (Å²) in [7, 11) is 0. The number of nitrogens with zero attached hydrogens (tertiary/aromatic N) is 2. The fourth-order valence-corrected chi connectivity index (χ4v) is 3.13. The molecule has 0 aromatic rings. The van der Waals surface area contributed by atoms with Crippen molar-refractivity contribution in [3.63, 3.8) is 0 Å². The topological polar surface area (TPSA) is 49.6 Å². The molecule has 1 aliphatic heterocycles. The second kappa shape index (κ2) is 7.10. The fraction of sp³-hybridized carbons (Fsp3) is 0.929. The lowest BCUT2D eigenvalue weighted by atomic mass is 9.88. The molecule has 0 atom stereocenters. The Hall–Kier alpha value is -0.610. The van der Waals surface area contributed by atoms with E-state index in [9.17, 15) is 4.79 Å². The summed E-state index contributed by atoms with van der Waals surface area (Å²) in [6.45, 7) is 3.97. The van der Waals surface area contributed by atoms with Crippen LogP contribution in [0.2, 0.25) is 0 Å². The van der Waals surface area contributed by atoms with Gasteiger partial charge in [0, 0.05) is 19.0 Å². The molecule has 0 spiro atoms. The minimum Gasteiger partial charge on any atom is -0.302 e. The van der Waals surface area contributed by atoms with Crippen LogP contribution in [0.3, 0.4) is 0 Å². The van der Waals surface area contributed by atoms with E-state index in [4.69, 9.17) is 5.84 Å². The first-order chi connectivity index (χ1) is 8.77. The molecule has 1 amide bonds. The molecule has 4 nitrogen and oxygen atoms in total. The zero-order valence-corrected chi connectivity index (χ0v) is 11.4. The summed E-state index contributed by atoms with van der Waals surface area (Å²) < 4.78 is 0. The molecule has 2 N–H and O–H groups in total. The van der Waals surface area contributed by atoms with E-state index in [1.807, 2.05) is 0 Å². The SMILES string of the molecule is NN(CCN1CCCCC1)C(=O)C1CCCCC1. The number of rotatable bonds is 4. The Morgan fingerprint density at radius 1 is 1.06 bits per heavy atom. The molecule has 1 saturated carbocycles. The third kappa shape index (κ3) is 3.95. The van der Waals surface area contributed by atoms with E-state index < -0.39 is 0 Å². The lowest BCUT2D eigenvalue weighted by Crippen LogP contribution is -2.46. The highest BCUT2D eigenvalue weighted by molar-refractivity contribution is 5.78. The lowest BCUT2D eigenvalue weighted by molar-refractivity contribution is -0.137. The van der Waals surface area contributed by atoms with Crippen molar-refractivity contribution in [3.8, 4) is 0 Å². The Labute approximate surface area is 110 Å². The van der Waals surface area contributed by atoms with Gasteiger partial charge in [0.25, 0.3) is 0 Å². The molecule has 0 bridgehead atoms. The van der Waals surface area contributed by atoms with Crippen molar-refractivity contribution in [1.29, 1.82) is 0 Å². The predicted octanol–water partition coefficient (Wildman–Crippen LogP) is 1.75. The van der Waals surface area contributed by atoms with E-state index in [-0.39, 0.29) is 11.8 Å². The molecular weight excluding hydrogens is 226 g/mol. The average Bonchev–Trinajstić information content (AvgIpc) is 2.46. The highest BCUT2D eigenvalue weighted by atomic mass is 16.2. The lowest BCUT2D eigenvalue weighted by Gasteiger charge is -2.30. The first-order valence-corrected chi connectivity index (χ1v) is 7.56. The summed E-state index contributed by atoms with van der Waals surface area (Å²) in [5.41, 5.74) is 0. The zero-order chi connectivity index (χ0) is 12.8. The van der Waals surface area contributed by atoms with Gasteiger partial charge in [-0.15, -0.1) is 0 Å². The van der Waals surface area contributed by atoms with E-state index >= 15 is 0 Å². The molecule has 1 aliphatic carbocycles. The number of hydrazine groups is 1. The number of piperidine rings is 1. The smallest absolute Gasteiger partial charge is 0.239 e. The van der Waals surface area contributed by atoms with Crippen LogP contribution in [0.1, 0.15) is 51.4 Å². The Morgan fingerprint density at radius 2 is 1.67 bits per heavy atom. The maximum Gasteiger partial charge on any atom is 0.239 e. The van der Waals surface area contributed by atoms with Gasteiger partial charge >= 0.3 is 0 Å². The summed E-state index contributed by atoms with van der Waals surface area (Å²) >= 11 is 0. The number of carbonyl (C=O) groups excluding carboxylic acids is 1. The minimum absolute atomic E-state index is 0.173. The van der Waals surface area contributed by atoms with Crippen molar-refractivity contribution in [3.05, 3.63) is 0 Å². The maximum atomic E-state index is 12.2. The summed E-state index contributed by atoms with van der Waals surface area (Å²) in [6.07, 6.45) is 9.67. The molecule has 104 valence electrons. The second-order valence-electron chi connectivity index (χ2n) is 5.77. The van der Waals surface area contributed by atoms with Crippen LogP contribution in [0.4, 0.5) is 0 Å². The van der Waals surface area contributed by atoms with Crippen LogP contribution in [0.25, 0.3) is 0 Å². The van der Waals surface area contributed by atoms with E-state index in [0.717, 1.165) is 19.4 Å². The molecule has 2 aliphatic rings. The Kier molecular flexibility index (Phi) is 5.45. The van der Waals surface area contributed by atoms with Crippen LogP contribution >= 0.6 is 0 Å². The Morgan fingerprint density at radius 3 is 2.33 bits per heavy atom. The molecular formula is C14H27N3O. The van der Waals surface area contributed by atoms with Crippen LogP contribution in [0.15, 0.2) is 0 Å². The molecule has 0 radical (unpaired) electrons. The monoisotopic (exact) mass is 253 g/mol. The van der Waals surface area contributed by atoms with Crippen LogP contribution < -0.4 is 5.84 Å². The van der Waals surface area contributed by atoms with Gasteiger partial charge in [0.05, 0.1) is 0 Å². The minimum atomic E-state index is 0.173. The van der Waals surface area contributed by atoms with Crippen LogP contribution in [-0.2, 0) is 4.79 Å². The largest absolute Gasteiger partial charge is 0.302 e. The van der Waals surface area contributed by atoms with Gasteiger partial charge < -0.3 is 4.90 Å². The first kappa shape index (κ1) is 13.8. The molecule has 1 saturated heterocycles. The van der Waals surface area contributed by atoms with E-state index in [1.165, 1.54) is 56.6 Å². The van der Waals surface area contributed by atoms with E-state index in [2.05, 4.69) is 4.90 Å². The maximum absolute atomic E-state index is 12.2. The molecule has 1 heterocycles. The normalized spacial score (nSPS) is 22.9. The van der Waals surface area contributed by atoms with Crippen LogP contribution in [-0.4, -0.2) is 42.0 Å². The molecule has 0 unspecified atom stereocenters. The first-order valence-electron chi connectivity index (χ1n) is 7.56. The van der Waals surface area contributed by atoms with E-state index in [1.54, 1.807) is 0 Å². The van der Waals surface area contributed by atoms with Gasteiger partial charge in [0.2, 0.25) is 5.91 Å². The highest BCUT2D eigenvalue weighted by Gasteiger charge is 2.24. The molecule has 2 rings (SSSR count). The van der Waals surface area contributed by atoms with E-state index in [0.29, 0.717) is 6.54 Å². The fourth-order valence-electron chi connectivity index (χ4n) is 3.13. The molecule has 2 fully saturated rings. The number of likely N-dealkylation sites (tertiary alicyclic amines) is 1. The Bertz CT molecular complexity index is 258. The summed E-state index contributed by atoms with van der Waals surface area (Å²) in [5.74, 6) is 6.29. The van der Waals surface area contributed by atoms with Crippen LogP contribution in [0, 0.1) is 5.92 Å². The quantitative estimate of drug-likeness (QED) is 0.472. The summed E-state index contributed by atoms with van der Waals surface area (Å²) in [5, 5.41) is 1.48. The number of nitrogens with two attached hydrogens (primary N) is 1. The standard InChI is InChI=1S/C14H27N3O/c15-17(12-11-16-9-5-2-6-10-16)14(18)13-7-3-1-4-8-13/h13H,1-12,15H2. The molecule has 18 heavy (non-hydrogen) atoms. The predicted molar refractivity (Wildman–Crippen MR) is 72.8 cm³/mol. The summed E-state index contributed by atoms with van der Waals surface area (Å²) in [4.78, 5) is 14.6. The van der Waals surface area contributed by atoms with Gasteiger partial charge in [-0.05, 0) is 38.8 Å². The van der Waals surface area contributed by atoms with Gasteiger partial charge in [-0.25, -0.2) is 5.84 Å². The average molecular weight is 253 g/mol. The van der Waals surface area contributed by atoms with Gasteiger partial charge in [-0.1, -0.05) is 25.7 Å². The number of amides is 1. The van der Waals surface area contributed by atoms with Crippen molar-refractivity contribution in [2.45, 2.75) is 51.4 Å². The Balaban J connectivity index is 1.69. The number of hydrogen-bond donors (Lipinski definition) is 1. The van der Waals surface area contributed by atoms with Crippen molar-refractivity contribution in [2.24, 2.45) is 11.8 Å². The van der Waals surface area contributed by atoms with Gasteiger partial charge in [0.15, 0.2) is 0 Å². The second-order valence-corrected chi connectivity index (χ2v) is 5.77. The van der Waals surface area contributed by atoms with Crippen molar-refractivity contribution < 1.29 is 4.79 Å². The van der Waals surface area contributed by atoms with Crippen LogP contribution in [0.5, 0.6) is 0 Å². The molecule has 0 aromatic heterocycles. The molecule has 0 aromatic carbocycles. The third-order valence-electron chi connectivity index (χ3n) is 4.34. The van der Waals surface area contributed by atoms with Gasteiger partial charge in [-0.3, -0.25) is 9.80 Å². The zero-order valence-electron chi connectivity index (χ0n) is 11.4. The van der Waals surface area contributed by atoms with Gasteiger partial charge in [0.1, 0.15) is 0 Å². The van der Waals surface area contributed by atoms with Crippen molar-refractivity contribution >= 4 is 5.91 Å². The number of hydrogen-bond acceptors (Lipinski definition) is 3.